The predicted molar refractivity (Wildman–Crippen MR) is 72.6 cm³/mol. The maximum Gasteiger partial charge on any atom is 0.121 e. The van der Waals surface area contributed by atoms with E-state index in [0.717, 1.165) is 11.3 Å². The van der Waals surface area contributed by atoms with Crippen molar-refractivity contribution >= 4 is 11.6 Å². The number of para-hydroxylation sites is 1. The number of rotatable bonds is 3. The van der Waals surface area contributed by atoms with Gasteiger partial charge in [0.25, 0.3) is 0 Å². The Balaban J connectivity index is 2.38. The highest BCUT2D eigenvalue weighted by molar-refractivity contribution is 5.79. The van der Waals surface area contributed by atoms with Crippen molar-refractivity contribution in [2.45, 2.75) is 6.10 Å². The van der Waals surface area contributed by atoms with Crippen LogP contribution in [0.4, 0.5) is 5.69 Å². The minimum Gasteiger partial charge on any atom is -0.615 e. The minimum absolute atomic E-state index is 0.0747. The molecule has 1 aliphatic heterocycles. The average molecular weight is 285 g/mol. The van der Waals surface area contributed by atoms with Gasteiger partial charge >= 0.3 is 0 Å². The van der Waals surface area contributed by atoms with Gasteiger partial charge in [-0.3, -0.25) is 0 Å². The maximum absolute atomic E-state index is 11.7. The molecule has 1 aromatic heterocycles. The van der Waals surface area contributed by atoms with Gasteiger partial charge in [-0.15, -0.1) is 0 Å². The Morgan fingerprint density at radius 2 is 2.10 bits per heavy atom. The van der Waals surface area contributed by atoms with Gasteiger partial charge < -0.3 is 20.1 Å². The number of nitrogens with zero attached hydrogens (tertiary/aromatic N) is 2. The number of aliphatic hydroxyl groups is 2. The molecule has 0 fully saturated rings. The average Bonchev–Trinajstić information content (AvgIpc) is 2.91. The third-order valence-electron chi connectivity index (χ3n) is 3.33. The molecule has 1 aliphatic rings. The summed E-state index contributed by atoms with van der Waals surface area (Å²) in [4.78, 5) is 8.52. The Bertz CT molecular complexity index is 817. The van der Waals surface area contributed by atoms with Crippen molar-refractivity contribution in [1.82, 2.24) is 4.98 Å². The van der Waals surface area contributed by atoms with E-state index in [4.69, 9.17) is 0 Å². The summed E-state index contributed by atoms with van der Waals surface area (Å²) in [5.74, 6) is -0.603. The van der Waals surface area contributed by atoms with Gasteiger partial charge in [-0.25, -0.2) is 9.98 Å². The Labute approximate surface area is 120 Å². The number of ether oxygens (including phenoxy) is 1. The number of hydrogen-bond acceptors (Lipinski definition) is 6. The van der Waals surface area contributed by atoms with Gasteiger partial charge in [0.05, 0.1) is 34.6 Å². The molecule has 0 bridgehead atoms. The third-order valence-corrected chi connectivity index (χ3v) is 3.33. The topological polar surface area (TPSA) is 98.0 Å². The number of aliphatic hydroxyl groups excluding tert-OH is 2. The zero-order valence-corrected chi connectivity index (χ0v) is 11.3. The van der Waals surface area contributed by atoms with Crippen molar-refractivity contribution in [3.63, 3.8) is 0 Å². The monoisotopic (exact) mass is 285 g/mol. The summed E-state index contributed by atoms with van der Waals surface area (Å²) in [5.41, 5.74) is 2.46. The van der Waals surface area contributed by atoms with Crippen LogP contribution < -0.4 is 15.8 Å². The van der Waals surface area contributed by atoms with E-state index in [1.807, 2.05) is 24.3 Å². The van der Waals surface area contributed by atoms with E-state index in [0.29, 0.717) is 10.9 Å². The quantitative estimate of drug-likeness (QED) is 0.650. The molecule has 3 rings (SSSR count). The highest BCUT2D eigenvalue weighted by Crippen LogP contribution is 2.32. The second-order valence-corrected chi connectivity index (χ2v) is 4.61. The van der Waals surface area contributed by atoms with Crippen LogP contribution in [-0.4, -0.2) is 28.9 Å². The number of pyridine rings is 1. The van der Waals surface area contributed by atoms with Crippen LogP contribution in [0.15, 0.2) is 35.3 Å². The smallest absolute Gasteiger partial charge is 0.121 e. The van der Waals surface area contributed by atoms with Gasteiger partial charge in [0.2, 0.25) is 0 Å². The van der Waals surface area contributed by atoms with E-state index < -0.39 is 18.7 Å². The van der Waals surface area contributed by atoms with Crippen LogP contribution in [0.3, 0.4) is 0 Å². The Morgan fingerprint density at radius 3 is 2.81 bits per heavy atom. The van der Waals surface area contributed by atoms with Crippen molar-refractivity contribution in [3.05, 3.63) is 46.7 Å². The number of benzene rings is 1. The molecule has 0 aliphatic carbocycles. The van der Waals surface area contributed by atoms with Gasteiger partial charge in [0.1, 0.15) is 6.10 Å². The van der Waals surface area contributed by atoms with Gasteiger partial charge in [0.15, 0.2) is 0 Å². The van der Waals surface area contributed by atoms with Crippen molar-refractivity contribution < 1.29 is 20.1 Å². The first-order valence-corrected chi connectivity index (χ1v) is 6.39. The molecule has 0 saturated heterocycles. The normalized spacial score (nSPS) is 14.8. The number of fused-ring (bicyclic) bond motifs is 3. The van der Waals surface area contributed by atoms with E-state index in [1.54, 1.807) is 6.07 Å². The van der Waals surface area contributed by atoms with Crippen molar-refractivity contribution in [2.75, 3.05) is 13.7 Å². The zero-order valence-electron chi connectivity index (χ0n) is 11.3. The molecule has 0 radical (unpaired) electrons. The lowest BCUT2D eigenvalue weighted by atomic mass is 10.0. The van der Waals surface area contributed by atoms with Gasteiger partial charge in [-0.05, 0) is 19.2 Å². The minimum atomic E-state index is -1.21. The molecule has 0 spiro atoms. The highest BCUT2D eigenvalue weighted by Gasteiger charge is 2.20. The summed E-state index contributed by atoms with van der Waals surface area (Å²) >= 11 is 0. The molecule has 2 N–H and O–H groups in total. The summed E-state index contributed by atoms with van der Waals surface area (Å²) in [6.45, 7) is -0.504. The van der Waals surface area contributed by atoms with Crippen LogP contribution in [0.1, 0.15) is 11.8 Å². The second kappa shape index (κ2) is 5.16. The number of methoxy groups -OCH3 is 1. The number of hydrogen-bond donors (Lipinski definition) is 2. The Kier molecular flexibility index (Phi) is 3.32. The van der Waals surface area contributed by atoms with E-state index >= 15 is 0 Å². The van der Waals surface area contributed by atoms with Crippen molar-refractivity contribution in [1.29, 1.82) is 0 Å². The number of aromatic nitrogens is 1. The molecule has 21 heavy (non-hydrogen) atoms. The first-order valence-electron chi connectivity index (χ1n) is 6.39. The highest BCUT2D eigenvalue weighted by atomic mass is 16.6. The van der Waals surface area contributed by atoms with E-state index in [1.165, 1.54) is 7.11 Å². The molecule has 2 aromatic rings. The van der Waals surface area contributed by atoms with Crippen LogP contribution in [0.25, 0.3) is 17.1 Å². The van der Waals surface area contributed by atoms with E-state index in [9.17, 15) is 15.3 Å². The molecule has 1 aromatic carbocycles. The van der Waals surface area contributed by atoms with E-state index in [-0.39, 0.29) is 11.0 Å². The molecule has 0 unspecified atom stereocenters. The molecule has 2 heterocycles. The first-order chi connectivity index (χ1) is 10.2. The van der Waals surface area contributed by atoms with Crippen LogP contribution in [0, 0.1) is 0 Å². The fraction of sp³-hybridized carbons (Fsp3) is 0.200. The molecule has 6 nitrogen and oxygen atoms in total. The lowest BCUT2D eigenvalue weighted by Crippen LogP contribution is -2.29. The fourth-order valence-electron chi connectivity index (χ4n) is 2.33. The zero-order chi connectivity index (χ0) is 15.0. The van der Waals surface area contributed by atoms with Crippen LogP contribution >= 0.6 is 0 Å². The molecular formula is C15H13N2O4-. The Hall–Kier alpha value is -2.44. The summed E-state index contributed by atoms with van der Waals surface area (Å²) in [5, 5.41) is 31.4. The summed E-state index contributed by atoms with van der Waals surface area (Å²) in [7, 11) is 1.26. The predicted octanol–water partition coefficient (Wildman–Crippen LogP) is -0.889. The second-order valence-electron chi connectivity index (χ2n) is 4.61. The van der Waals surface area contributed by atoms with E-state index in [2.05, 4.69) is 14.7 Å². The van der Waals surface area contributed by atoms with Gasteiger partial charge in [0, 0.05) is 11.1 Å². The summed E-state index contributed by atoms with van der Waals surface area (Å²) < 4.78 is 4.68. The first kappa shape index (κ1) is 13.5. The van der Waals surface area contributed by atoms with Crippen LogP contribution in [0.5, 0.6) is 0 Å². The van der Waals surface area contributed by atoms with Crippen molar-refractivity contribution in [3.8, 4) is 11.1 Å². The SMILES string of the molecule is COC([O-])=c1cc2c(c([C@@H](O)CO)n1)=Nc1ccccc1-2. The van der Waals surface area contributed by atoms with Crippen LogP contribution in [-0.2, 0) is 4.74 Å². The molecule has 108 valence electrons. The Morgan fingerprint density at radius 1 is 1.33 bits per heavy atom. The largest absolute Gasteiger partial charge is 0.615 e. The van der Waals surface area contributed by atoms with Crippen LogP contribution in [0.2, 0.25) is 0 Å². The lowest BCUT2D eigenvalue weighted by Gasteiger charge is -2.12. The van der Waals surface area contributed by atoms with Gasteiger partial charge in [-0.1, -0.05) is 18.2 Å². The molecule has 0 amide bonds. The molecule has 6 heteroatoms. The summed E-state index contributed by atoms with van der Waals surface area (Å²) in [6.07, 6.45) is -1.21. The maximum atomic E-state index is 11.7. The third kappa shape index (κ3) is 2.14. The standard InChI is InChI=1S/C15H14N2O4/c1-21-15(20)11-6-9-8-4-2-3-5-10(8)16-13(9)14(17-11)12(19)7-18/h2-6,12,18-20H,7H2,1H3/p-1/t12-/m0/s1. The lowest BCUT2D eigenvalue weighted by molar-refractivity contribution is -0.288. The molecule has 0 saturated carbocycles. The van der Waals surface area contributed by atoms with Gasteiger partial charge in [-0.2, -0.15) is 0 Å². The molecular weight excluding hydrogens is 272 g/mol. The van der Waals surface area contributed by atoms with Crippen molar-refractivity contribution in [2.24, 2.45) is 4.99 Å². The molecule has 1 atom stereocenters. The fourth-order valence-corrected chi connectivity index (χ4v) is 2.33. The summed E-state index contributed by atoms with van der Waals surface area (Å²) in [6, 6.07) is 9.02.